The van der Waals surface area contributed by atoms with Gasteiger partial charge in [-0.2, -0.15) is 9.29 Å². The van der Waals surface area contributed by atoms with E-state index in [1.54, 1.807) is 0 Å². The lowest BCUT2D eigenvalue weighted by Crippen LogP contribution is -2.51. The third kappa shape index (κ3) is 26.4. The van der Waals surface area contributed by atoms with Crippen LogP contribution >= 0.6 is 15.6 Å². The highest BCUT2D eigenvalue weighted by molar-refractivity contribution is 7.61. The standard InChI is InChI=1S/C51H89N3O18P2/c1-4-5-19-25-38(55)29-30-40-42(56)33-43(57)41-26-21-17-18-23-28-47(59)70-39(34-67-46(58)27-22-16-14-12-10-8-6-7-9-11-13-15-20-24-37(2)3)35-68-73(63,64)72-74(65,66)69-36-44(49(61)48(40)60)71-50(41)54-32-31-45(52)53-51(54)62/h29-32,37-41,43-44,48-50,55,57,60-61H,4-28,33-36H2,1-3H3,(H,63,64)(H,65,66)(H2,52,53,62)/t38-,39+,40-,41-,43-,44+,48-,49+,50+/m0/s1. The average molecular weight is 1090 g/mol. The van der Waals surface area contributed by atoms with E-state index < -0.39 is 120 Å². The number of hydrogen-bond donors (Lipinski definition) is 7. The fraction of sp³-hybridized carbons (Fsp3) is 0.824. The molecule has 0 aliphatic carbocycles. The molecule has 2 saturated heterocycles. The topological polar surface area (TPSA) is 323 Å². The second-order valence-corrected chi connectivity index (χ2v) is 23.4. The Balaban J connectivity index is 1.72. The summed E-state index contributed by atoms with van der Waals surface area (Å²) < 4.78 is 59.0. The number of carbonyl (C=O) groups is 3. The average Bonchev–Trinajstić information content (AvgIpc) is 3.32. The van der Waals surface area contributed by atoms with Gasteiger partial charge in [0.25, 0.3) is 0 Å². The first kappa shape index (κ1) is 65.4. The lowest BCUT2D eigenvalue weighted by atomic mass is 9.83. The number of hydrogen-bond acceptors (Lipinski definition) is 18. The number of Topliss-reactive ketones (excluding diaryl/α,β-unsaturated/α-hetero) is 1. The van der Waals surface area contributed by atoms with Gasteiger partial charge in [0.05, 0.1) is 37.4 Å². The second kappa shape index (κ2) is 35.5. The third-order valence-electron chi connectivity index (χ3n) is 13.4. The van der Waals surface area contributed by atoms with Crippen LogP contribution in [-0.4, -0.2) is 114 Å². The van der Waals surface area contributed by atoms with Gasteiger partial charge in [-0.1, -0.05) is 155 Å². The van der Waals surface area contributed by atoms with Crippen molar-refractivity contribution in [3.63, 3.8) is 0 Å². The van der Waals surface area contributed by atoms with E-state index >= 15 is 0 Å². The number of aromatic nitrogens is 2. The number of aliphatic hydroxyl groups is 4. The van der Waals surface area contributed by atoms with E-state index in [9.17, 15) is 58.5 Å². The number of nitrogen functional groups attached to an aromatic ring is 1. The van der Waals surface area contributed by atoms with Gasteiger partial charge < -0.3 is 50.2 Å². The van der Waals surface area contributed by atoms with Gasteiger partial charge in [-0.3, -0.25) is 28.0 Å². The zero-order valence-electron chi connectivity index (χ0n) is 44.0. The summed E-state index contributed by atoms with van der Waals surface area (Å²) in [6.07, 6.45) is 11.5. The Labute approximate surface area is 437 Å². The number of ketones is 1. The fourth-order valence-corrected chi connectivity index (χ4v) is 11.2. The zero-order valence-corrected chi connectivity index (χ0v) is 45.8. The van der Waals surface area contributed by atoms with Crippen LogP contribution in [0.2, 0.25) is 0 Å². The molecule has 0 aromatic carbocycles. The maximum absolute atomic E-state index is 14.0. The summed E-state index contributed by atoms with van der Waals surface area (Å²) in [5.41, 5.74) is 4.78. The Morgan fingerprint density at radius 2 is 1.43 bits per heavy atom. The summed E-state index contributed by atoms with van der Waals surface area (Å²) in [5.74, 6) is -4.23. The summed E-state index contributed by atoms with van der Waals surface area (Å²) >= 11 is 0. The number of nitrogens with two attached hydrogens (primary N) is 1. The van der Waals surface area contributed by atoms with Crippen molar-refractivity contribution in [2.24, 2.45) is 17.8 Å². The van der Waals surface area contributed by atoms with E-state index in [4.69, 9.17) is 29.0 Å². The number of nitrogens with zero attached hydrogens (tertiary/aromatic N) is 2. The Morgan fingerprint density at radius 1 is 0.838 bits per heavy atom. The molecule has 426 valence electrons. The van der Waals surface area contributed by atoms with Gasteiger partial charge in [-0.05, 0) is 37.7 Å². The summed E-state index contributed by atoms with van der Waals surface area (Å²) in [6.45, 7) is 3.82. The normalized spacial score (nSPS) is 29.0. The predicted molar refractivity (Wildman–Crippen MR) is 276 cm³/mol. The highest BCUT2D eigenvalue weighted by Gasteiger charge is 2.45. The molecule has 1 aromatic heterocycles. The molecule has 1 aromatic rings. The highest BCUT2D eigenvalue weighted by Crippen LogP contribution is 2.60. The Morgan fingerprint density at radius 3 is 2.05 bits per heavy atom. The van der Waals surface area contributed by atoms with Gasteiger partial charge in [-0.15, -0.1) is 0 Å². The summed E-state index contributed by atoms with van der Waals surface area (Å²) in [6, 6.07) is 1.25. The van der Waals surface area contributed by atoms with Crippen LogP contribution in [0.1, 0.15) is 194 Å². The molecule has 11 atom stereocenters. The molecule has 3 heterocycles. The molecule has 0 radical (unpaired) electrons. The molecule has 8 N–H and O–H groups in total. The minimum atomic E-state index is -5.71. The molecule has 2 bridgehead atoms. The molecule has 3 rings (SSSR count). The minimum Gasteiger partial charge on any atom is -0.462 e. The predicted octanol–water partition coefficient (Wildman–Crippen LogP) is 8.06. The van der Waals surface area contributed by atoms with Crippen LogP contribution in [-0.2, 0) is 51.1 Å². The number of rotatable bonds is 25. The van der Waals surface area contributed by atoms with Gasteiger partial charge in [0, 0.05) is 31.4 Å². The second-order valence-electron chi connectivity index (χ2n) is 20.4. The molecule has 2 aliphatic heterocycles. The zero-order chi connectivity index (χ0) is 54.5. The van der Waals surface area contributed by atoms with E-state index in [1.807, 2.05) is 6.92 Å². The van der Waals surface area contributed by atoms with Crippen molar-refractivity contribution in [3.05, 3.63) is 34.9 Å². The van der Waals surface area contributed by atoms with Gasteiger partial charge >= 0.3 is 33.3 Å². The number of aliphatic hydroxyl groups excluding tert-OH is 4. The summed E-state index contributed by atoms with van der Waals surface area (Å²) in [7, 11) is -11.3. The molecular weight excluding hydrogens is 1000 g/mol. The quantitative estimate of drug-likeness (QED) is 0.0211. The smallest absolute Gasteiger partial charge is 0.462 e. The van der Waals surface area contributed by atoms with E-state index in [2.05, 4.69) is 23.1 Å². The molecule has 74 heavy (non-hydrogen) atoms. The molecular formula is C51H89N3O18P2. The van der Waals surface area contributed by atoms with Crippen molar-refractivity contribution in [1.82, 2.24) is 9.55 Å². The van der Waals surface area contributed by atoms with E-state index in [0.29, 0.717) is 38.5 Å². The third-order valence-corrected chi connectivity index (χ3v) is 16.0. The van der Waals surface area contributed by atoms with Crippen LogP contribution in [0.4, 0.5) is 5.82 Å². The van der Waals surface area contributed by atoms with Crippen LogP contribution in [0.5, 0.6) is 0 Å². The largest absolute Gasteiger partial charge is 0.481 e. The van der Waals surface area contributed by atoms with E-state index in [1.165, 1.54) is 82.2 Å². The molecule has 0 amide bonds. The van der Waals surface area contributed by atoms with Gasteiger partial charge in [0.2, 0.25) is 0 Å². The number of unbranched alkanes of at least 4 members (excludes halogenated alkanes) is 14. The maximum Gasteiger partial charge on any atom is 0.481 e. The maximum atomic E-state index is 14.0. The fourth-order valence-electron chi connectivity index (χ4n) is 9.11. The van der Waals surface area contributed by atoms with Crippen LogP contribution in [0.3, 0.4) is 0 Å². The van der Waals surface area contributed by atoms with Gasteiger partial charge in [0.1, 0.15) is 36.6 Å². The molecule has 21 nitrogen and oxygen atoms in total. The number of phosphoric ester groups is 2. The van der Waals surface area contributed by atoms with Crippen molar-refractivity contribution >= 4 is 39.2 Å². The first-order valence-electron chi connectivity index (χ1n) is 27.2. The highest BCUT2D eigenvalue weighted by atomic mass is 31.3. The van der Waals surface area contributed by atoms with E-state index in [0.717, 1.165) is 49.0 Å². The number of anilines is 1. The molecule has 0 spiro atoms. The molecule has 2 unspecified atom stereocenters. The molecule has 0 saturated carbocycles. The van der Waals surface area contributed by atoms with Gasteiger partial charge in [-0.25, -0.2) is 13.9 Å². The van der Waals surface area contributed by atoms with Crippen LogP contribution in [0, 0.1) is 17.8 Å². The van der Waals surface area contributed by atoms with Crippen molar-refractivity contribution in [1.29, 1.82) is 0 Å². The van der Waals surface area contributed by atoms with Crippen molar-refractivity contribution in [2.75, 3.05) is 25.6 Å². The number of cyclic esters (lactones) is 1. The van der Waals surface area contributed by atoms with Crippen LogP contribution < -0.4 is 11.4 Å². The number of esters is 2. The number of ether oxygens (including phenoxy) is 3. The van der Waals surface area contributed by atoms with E-state index in [-0.39, 0.29) is 31.5 Å². The van der Waals surface area contributed by atoms with Crippen molar-refractivity contribution in [2.45, 2.75) is 231 Å². The summed E-state index contributed by atoms with van der Waals surface area (Å²) in [5, 5.41) is 45.7. The SMILES string of the molecule is CCCCC[C@H](O)C=C[C@H]1C(=O)C[C@H](O)[C@@H]2CCCCCCC(=O)O[C@H](COC(=O)CCCCCCCCCCCCCCCC(C)C)COP(=O)(O)OP(=O)(O)OC[C@@H](O[C@H]2n2ccc(N)nc2=O)[C@@H](O)[C@H]1O. The van der Waals surface area contributed by atoms with Crippen molar-refractivity contribution in [3.8, 4) is 0 Å². The Hall–Kier alpha value is -2.91. The first-order chi connectivity index (χ1) is 35.2. The Bertz CT molecular complexity index is 1970. The summed E-state index contributed by atoms with van der Waals surface area (Å²) in [4.78, 5) is 78.1. The monoisotopic (exact) mass is 1090 g/mol. The number of carbonyl (C=O) groups excluding carboxylic acids is 3. The number of phosphoric acid groups is 2. The van der Waals surface area contributed by atoms with Crippen molar-refractivity contribution < 1.29 is 81.3 Å². The lowest BCUT2D eigenvalue weighted by Gasteiger charge is -2.39. The molecule has 23 heteroatoms. The first-order valence-corrected chi connectivity index (χ1v) is 30.2. The molecule has 2 aliphatic rings. The minimum absolute atomic E-state index is 0.0579. The van der Waals surface area contributed by atoms with Crippen LogP contribution in [0.15, 0.2) is 29.2 Å². The van der Waals surface area contributed by atoms with Gasteiger partial charge in [0.15, 0.2) is 6.10 Å². The lowest BCUT2D eigenvalue weighted by molar-refractivity contribution is -0.188. The molecule has 2 fully saturated rings. The number of fused-ring (bicyclic) bond motifs is 3. The van der Waals surface area contributed by atoms with Crippen LogP contribution in [0.25, 0.3) is 0 Å². The Kier molecular flexibility index (Phi) is 31.4.